The highest BCUT2D eigenvalue weighted by atomic mass is 15.1. The van der Waals surface area contributed by atoms with E-state index in [9.17, 15) is 0 Å². The van der Waals surface area contributed by atoms with Crippen LogP contribution < -0.4 is 0 Å². The number of hydrogen-bond donors (Lipinski definition) is 0. The molecule has 0 aromatic heterocycles. The van der Waals surface area contributed by atoms with Crippen LogP contribution in [0.4, 0.5) is 0 Å². The fraction of sp³-hybridized carbons (Fsp3) is 0.222. The Morgan fingerprint density at radius 2 is 1.37 bits per heavy atom. The summed E-state index contributed by atoms with van der Waals surface area (Å²) in [7, 11) is 0. The molecule has 0 N–H and O–H groups in total. The van der Waals surface area contributed by atoms with Crippen LogP contribution in [0.5, 0.6) is 0 Å². The van der Waals surface area contributed by atoms with Crippen LogP contribution in [-0.4, -0.2) is 18.0 Å². The van der Waals surface area contributed by atoms with Gasteiger partial charge in [0.1, 0.15) is 0 Å². The first-order valence-electron chi connectivity index (χ1n) is 7.00. The Morgan fingerprint density at radius 3 is 2.00 bits per heavy atom. The van der Waals surface area contributed by atoms with E-state index in [1.807, 2.05) is 0 Å². The van der Waals surface area contributed by atoms with E-state index in [-0.39, 0.29) is 0 Å². The van der Waals surface area contributed by atoms with Crippen molar-refractivity contribution in [1.29, 1.82) is 0 Å². The molecule has 2 aromatic carbocycles. The molecular weight excluding hydrogens is 230 g/mol. The van der Waals surface area contributed by atoms with Crippen LogP contribution in [0.3, 0.4) is 0 Å². The standard InChI is InChI=1S/C18H19N/c1-3-9-16(10-4-1)15-18(19-13-7-8-14-19)17-11-5-2-6-12-17/h1-6,9-12,15H,7-8,13-14H2/b18-15-. The van der Waals surface area contributed by atoms with Crippen molar-refractivity contribution in [2.45, 2.75) is 12.8 Å². The summed E-state index contributed by atoms with van der Waals surface area (Å²) in [6, 6.07) is 21.3. The quantitative estimate of drug-likeness (QED) is 0.734. The SMILES string of the molecule is C(=C(\c1ccccc1)N1CCCC1)/c1ccccc1. The van der Waals surface area contributed by atoms with Gasteiger partial charge >= 0.3 is 0 Å². The van der Waals surface area contributed by atoms with Crippen molar-refractivity contribution in [2.24, 2.45) is 0 Å². The van der Waals surface area contributed by atoms with E-state index in [0.29, 0.717) is 0 Å². The zero-order valence-corrected chi connectivity index (χ0v) is 11.1. The summed E-state index contributed by atoms with van der Waals surface area (Å²) in [5.74, 6) is 0. The molecule has 2 aromatic rings. The number of nitrogens with zero attached hydrogens (tertiary/aromatic N) is 1. The Bertz CT molecular complexity index is 536. The lowest BCUT2D eigenvalue weighted by molar-refractivity contribution is 0.495. The molecule has 1 nitrogen and oxygen atoms in total. The zero-order valence-electron chi connectivity index (χ0n) is 11.1. The second-order valence-electron chi connectivity index (χ2n) is 5.00. The number of likely N-dealkylation sites (tertiary alicyclic amines) is 1. The van der Waals surface area contributed by atoms with Gasteiger partial charge in [-0.2, -0.15) is 0 Å². The van der Waals surface area contributed by atoms with Crippen molar-refractivity contribution >= 4 is 11.8 Å². The van der Waals surface area contributed by atoms with Gasteiger partial charge in [0.25, 0.3) is 0 Å². The Morgan fingerprint density at radius 1 is 0.789 bits per heavy atom. The predicted molar refractivity (Wildman–Crippen MR) is 81.6 cm³/mol. The molecular formula is C18H19N. The maximum atomic E-state index is 2.50. The third kappa shape index (κ3) is 2.87. The van der Waals surface area contributed by atoms with Crippen molar-refractivity contribution in [1.82, 2.24) is 4.90 Å². The molecule has 1 saturated heterocycles. The molecule has 0 atom stereocenters. The minimum absolute atomic E-state index is 1.17. The lowest BCUT2D eigenvalue weighted by Crippen LogP contribution is -2.17. The Balaban J connectivity index is 1.99. The molecule has 96 valence electrons. The van der Waals surface area contributed by atoms with Crippen molar-refractivity contribution in [3.63, 3.8) is 0 Å². The van der Waals surface area contributed by atoms with E-state index in [1.165, 1.54) is 42.8 Å². The monoisotopic (exact) mass is 249 g/mol. The van der Waals surface area contributed by atoms with Crippen molar-refractivity contribution in [2.75, 3.05) is 13.1 Å². The average Bonchev–Trinajstić information content (AvgIpc) is 3.01. The number of benzene rings is 2. The molecule has 0 saturated carbocycles. The smallest absolute Gasteiger partial charge is 0.0445 e. The minimum Gasteiger partial charge on any atom is -0.371 e. The highest BCUT2D eigenvalue weighted by Crippen LogP contribution is 2.26. The highest BCUT2D eigenvalue weighted by molar-refractivity contribution is 5.80. The van der Waals surface area contributed by atoms with Gasteiger partial charge in [0.05, 0.1) is 0 Å². The molecule has 1 heteroatoms. The topological polar surface area (TPSA) is 3.24 Å². The minimum atomic E-state index is 1.17. The average molecular weight is 249 g/mol. The maximum absolute atomic E-state index is 2.50. The van der Waals surface area contributed by atoms with E-state index in [2.05, 4.69) is 71.6 Å². The summed E-state index contributed by atoms with van der Waals surface area (Å²) < 4.78 is 0. The van der Waals surface area contributed by atoms with Crippen molar-refractivity contribution in [3.8, 4) is 0 Å². The second-order valence-corrected chi connectivity index (χ2v) is 5.00. The first kappa shape index (κ1) is 12.0. The van der Waals surface area contributed by atoms with Crippen LogP contribution in [0, 0.1) is 0 Å². The Labute approximate surface area is 115 Å². The molecule has 1 heterocycles. The Kier molecular flexibility index (Phi) is 3.64. The largest absolute Gasteiger partial charge is 0.371 e. The third-order valence-electron chi connectivity index (χ3n) is 3.62. The molecule has 3 rings (SSSR count). The zero-order chi connectivity index (χ0) is 12.9. The van der Waals surface area contributed by atoms with Crippen molar-refractivity contribution in [3.05, 3.63) is 71.8 Å². The highest BCUT2D eigenvalue weighted by Gasteiger charge is 2.15. The molecule has 0 radical (unpaired) electrons. The van der Waals surface area contributed by atoms with E-state index >= 15 is 0 Å². The molecule has 1 fully saturated rings. The summed E-state index contributed by atoms with van der Waals surface area (Å²) in [5, 5.41) is 0. The molecule has 0 amide bonds. The predicted octanol–water partition coefficient (Wildman–Crippen LogP) is 4.28. The van der Waals surface area contributed by atoms with Crippen molar-refractivity contribution < 1.29 is 0 Å². The summed E-state index contributed by atoms with van der Waals surface area (Å²) in [5.41, 5.74) is 3.94. The van der Waals surface area contributed by atoms with E-state index in [1.54, 1.807) is 0 Å². The summed E-state index contributed by atoms with van der Waals surface area (Å²) in [6.07, 6.45) is 4.92. The van der Waals surface area contributed by atoms with Gasteiger partial charge in [-0.25, -0.2) is 0 Å². The number of rotatable bonds is 3. The van der Waals surface area contributed by atoms with Crippen LogP contribution in [0.25, 0.3) is 11.8 Å². The van der Waals surface area contributed by atoms with Gasteiger partial charge in [0, 0.05) is 18.8 Å². The summed E-state index contributed by atoms with van der Waals surface area (Å²) >= 11 is 0. The Hall–Kier alpha value is -2.02. The normalized spacial score (nSPS) is 15.8. The van der Waals surface area contributed by atoms with Crippen LogP contribution in [0.15, 0.2) is 60.7 Å². The van der Waals surface area contributed by atoms with E-state index in [0.717, 1.165) is 0 Å². The van der Waals surface area contributed by atoms with E-state index in [4.69, 9.17) is 0 Å². The van der Waals surface area contributed by atoms with Crippen LogP contribution in [0.1, 0.15) is 24.0 Å². The van der Waals surface area contributed by atoms with Crippen LogP contribution in [0.2, 0.25) is 0 Å². The van der Waals surface area contributed by atoms with Gasteiger partial charge in [0.15, 0.2) is 0 Å². The maximum Gasteiger partial charge on any atom is 0.0445 e. The van der Waals surface area contributed by atoms with Crippen LogP contribution >= 0.6 is 0 Å². The fourth-order valence-electron chi connectivity index (χ4n) is 2.63. The molecule has 0 spiro atoms. The summed E-state index contributed by atoms with van der Waals surface area (Å²) in [4.78, 5) is 2.50. The molecule has 0 aliphatic carbocycles. The fourth-order valence-corrected chi connectivity index (χ4v) is 2.63. The van der Waals surface area contributed by atoms with E-state index < -0.39 is 0 Å². The lowest BCUT2D eigenvalue weighted by Gasteiger charge is -2.22. The summed E-state index contributed by atoms with van der Waals surface area (Å²) in [6.45, 7) is 2.35. The molecule has 1 aliphatic heterocycles. The number of hydrogen-bond acceptors (Lipinski definition) is 1. The lowest BCUT2D eigenvalue weighted by atomic mass is 10.1. The van der Waals surface area contributed by atoms with Gasteiger partial charge in [-0.3, -0.25) is 0 Å². The first-order valence-corrected chi connectivity index (χ1v) is 7.00. The van der Waals surface area contributed by atoms with Gasteiger partial charge in [-0.1, -0.05) is 60.7 Å². The second kappa shape index (κ2) is 5.75. The third-order valence-corrected chi connectivity index (χ3v) is 3.62. The molecule has 1 aliphatic rings. The molecule has 0 unspecified atom stereocenters. The first-order chi connectivity index (χ1) is 9.43. The van der Waals surface area contributed by atoms with Gasteiger partial charge in [-0.05, 0) is 30.0 Å². The van der Waals surface area contributed by atoms with Gasteiger partial charge < -0.3 is 4.90 Å². The molecule has 0 bridgehead atoms. The van der Waals surface area contributed by atoms with Gasteiger partial charge in [-0.15, -0.1) is 0 Å². The van der Waals surface area contributed by atoms with Crippen LogP contribution in [-0.2, 0) is 0 Å². The van der Waals surface area contributed by atoms with Gasteiger partial charge in [0.2, 0.25) is 0 Å². The molecule has 19 heavy (non-hydrogen) atoms.